The van der Waals surface area contributed by atoms with E-state index >= 15 is 0 Å². The van der Waals surface area contributed by atoms with Gasteiger partial charge in [-0.25, -0.2) is 0 Å². The Morgan fingerprint density at radius 3 is 2.41 bits per heavy atom. The molecule has 3 rings (SSSR count). The summed E-state index contributed by atoms with van der Waals surface area (Å²) in [5, 5.41) is 4.20. The van der Waals surface area contributed by atoms with Crippen LogP contribution in [0.5, 0.6) is 11.5 Å². The molecule has 0 atom stereocenters. The first-order chi connectivity index (χ1) is 10.9. The molecule has 0 spiro atoms. The molecule has 1 heterocycles. The Morgan fingerprint density at radius 1 is 0.864 bits per heavy atom. The minimum Gasteiger partial charge on any atom is -0.456 e. The number of ether oxygens (including phenoxy) is 1. The van der Waals surface area contributed by atoms with E-state index in [1.54, 1.807) is 18.6 Å². The topological polar surface area (TPSA) is 46.5 Å². The van der Waals surface area contributed by atoms with Crippen molar-refractivity contribution in [3.05, 3.63) is 84.7 Å². The molecule has 0 aliphatic rings. The van der Waals surface area contributed by atoms with E-state index in [0.29, 0.717) is 0 Å². The van der Waals surface area contributed by atoms with E-state index in [1.165, 1.54) is 0 Å². The predicted molar refractivity (Wildman–Crippen MR) is 88.4 cm³/mol. The van der Waals surface area contributed by atoms with Gasteiger partial charge in [0.25, 0.3) is 0 Å². The third-order valence-electron chi connectivity index (χ3n) is 2.93. The van der Waals surface area contributed by atoms with Gasteiger partial charge in [0.05, 0.1) is 18.1 Å². The summed E-state index contributed by atoms with van der Waals surface area (Å²) < 4.78 is 5.68. The van der Waals surface area contributed by atoms with Crippen molar-refractivity contribution in [2.75, 3.05) is 5.43 Å². The van der Waals surface area contributed by atoms with Crippen molar-refractivity contribution < 1.29 is 4.74 Å². The predicted octanol–water partition coefficient (Wildman–Crippen LogP) is 4.32. The quantitative estimate of drug-likeness (QED) is 0.562. The lowest BCUT2D eigenvalue weighted by Gasteiger charge is -2.04. The van der Waals surface area contributed by atoms with Crippen LogP contribution in [0.25, 0.3) is 0 Å². The van der Waals surface area contributed by atoms with E-state index in [-0.39, 0.29) is 0 Å². The fraction of sp³-hybridized carbons (Fsp3) is 0. The van der Waals surface area contributed by atoms with Crippen LogP contribution in [0.2, 0.25) is 0 Å². The number of benzene rings is 2. The molecule has 0 radical (unpaired) electrons. The van der Waals surface area contributed by atoms with Crippen LogP contribution in [0, 0.1) is 0 Å². The van der Waals surface area contributed by atoms with Gasteiger partial charge in [-0.05, 0) is 54.1 Å². The van der Waals surface area contributed by atoms with Gasteiger partial charge < -0.3 is 4.74 Å². The van der Waals surface area contributed by atoms with Crippen molar-refractivity contribution in [2.45, 2.75) is 0 Å². The molecule has 0 amide bonds. The summed E-state index contributed by atoms with van der Waals surface area (Å²) in [6, 6.07) is 21.2. The molecule has 3 aromatic rings. The fourth-order valence-corrected chi connectivity index (χ4v) is 1.86. The average molecular weight is 289 g/mol. The maximum absolute atomic E-state index is 5.68. The van der Waals surface area contributed by atoms with Gasteiger partial charge in [0.2, 0.25) is 0 Å². The van der Waals surface area contributed by atoms with Crippen LogP contribution in [0.3, 0.4) is 0 Å². The number of aromatic nitrogens is 1. The molecule has 22 heavy (non-hydrogen) atoms. The van der Waals surface area contributed by atoms with Gasteiger partial charge in [-0.2, -0.15) is 5.10 Å². The summed E-state index contributed by atoms with van der Waals surface area (Å²) >= 11 is 0. The van der Waals surface area contributed by atoms with Gasteiger partial charge in [0.15, 0.2) is 0 Å². The number of hydrogen-bond donors (Lipinski definition) is 1. The number of hydrogen-bond acceptors (Lipinski definition) is 4. The van der Waals surface area contributed by atoms with Crippen LogP contribution in [0.1, 0.15) is 5.56 Å². The lowest BCUT2D eigenvalue weighted by atomic mass is 10.2. The van der Waals surface area contributed by atoms with Crippen molar-refractivity contribution >= 4 is 11.9 Å². The zero-order valence-corrected chi connectivity index (χ0v) is 11.9. The Bertz CT molecular complexity index is 725. The number of nitrogens with one attached hydrogen (secondary N) is 1. The molecule has 108 valence electrons. The number of rotatable bonds is 5. The normalized spacial score (nSPS) is 10.5. The van der Waals surface area contributed by atoms with Crippen molar-refractivity contribution in [3.8, 4) is 11.5 Å². The average Bonchev–Trinajstić information content (AvgIpc) is 2.58. The number of anilines is 1. The molecule has 2 aromatic carbocycles. The van der Waals surface area contributed by atoms with Crippen LogP contribution in [-0.2, 0) is 0 Å². The molecule has 0 saturated heterocycles. The summed E-state index contributed by atoms with van der Waals surface area (Å²) in [7, 11) is 0. The van der Waals surface area contributed by atoms with Crippen LogP contribution >= 0.6 is 0 Å². The zero-order valence-electron chi connectivity index (χ0n) is 11.9. The first kappa shape index (κ1) is 13.8. The highest BCUT2D eigenvalue weighted by Gasteiger charge is 1.96. The molecule has 0 aliphatic carbocycles. The molecule has 0 aliphatic heterocycles. The van der Waals surface area contributed by atoms with Crippen molar-refractivity contribution in [1.29, 1.82) is 0 Å². The summed E-state index contributed by atoms with van der Waals surface area (Å²) in [5.74, 6) is 1.48. The lowest BCUT2D eigenvalue weighted by molar-refractivity contribution is 0.480. The number of hydrazone groups is 1. The van der Waals surface area contributed by atoms with E-state index < -0.39 is 0 Å². The molecule has 4 nitrogen and oxygen atoms in total. The second kappa shape index (κ2) is 7.04. The van der Waals surface area contributed by atoms with Crippen molar-refractivity contribution in [3.63, 3.8) is 0 Å². The molecule has 0 fully saturated rings. The van der Waals surface area contributed by atoms with E-state index in [4.69, 9.17) is 4.74 Å². The van der Waals surface area contributed by atoms with E-state index in [2.05, 4.69) is 15.5 Å². The van der Waals surface area contributed by atoms with Gasteiger partial charge in [0.1, 0.15) is 11.5 Å². The van der Waals surface area contributed by atoms with E-state index in [9.17, 15) is 0 Å². The highest BCUT2D eigenvalue weighted by atomic mass is 16.5. The Kier molecular flexibility index (Phi) is 4.42. The van der Waals surface area contributed by atoms with Crippen molar-refractivity contribution in [2.24, 2.45) is 5.10 Å². The molecular formula is C18H15N3O. The lowest BCUT2D eigenvalue weighted by Crippen LogP contribution is -1.90. The number of nitrogens with zero attached hydrogens (tertiary/aromatic N) is 2. The molecule has 0 unspecified atom stereocenters. The van der Waals surface area contributed by atoms with Gasteiger partial charge in [0, 0.05) is 6.20 Å². The van der Waals surface area contributed by atoms with Gasteiger partial charge in [-0.3, -0.25) is 10.4 Å². The largest absolute Gasteiger partial charge is 0.456 e. The molecule has 0 bridgehead atoms. The maximum Gasteiger partial charge on any atom is 0.145 e. The fourth-order valence-electron chi connectivity index (χ4n) is 1.86. The minimum absolute atomic E-state index is 0.717. The third-order valence-corrected chi connectivity index (χ3v) is 2.93. The second-order valence-electron chi connectivity index (χ2n) is 4.60. The molecule has 1 aromatic heterocycles. The first-order valence-corrected chi connectivity index (χ1v) is 6.92. The highest BCUT2D eigenvalue weighted by Crippen LogP contribution is 2.19. The van der Waals surface area contributed by atoms with Gasteiger partial charge >= 0.3 is 0 Å². The van der Waals surface area contributed by atoms with Crippen LogP contribution in [0.4, 0.5) is 5.69 Å². The first-order valence-electron chi connectivity index (χ1n) is 6.92. The van der Waals surface area contributed by atoms with Crippen LogP contribution in [0.15, 0.2) is 84.2 Å². The Morgan fingerprint density at radius 2 is 1.68 bits per heavy atom. The Labute approximate surface area is 129 Å². The number of pyridine rings is 1. The van der Waals surface area contributed by atoms with E-state index in [0.717, 1.165) is 22.7 Å². The highest BCUT2D eigenvalue weighted by molar-refractivity contribution is 5.80. The Hall–Kier alpha value is -3.14. The molecule has 0 saturated carbocycles. The van der Waals surface area contributed by atoms with E-state index in [1.807, 2.05) is 66.7 Å². The van der Waals surface area contributed by atoms with Crippen LogP contribution < -0.4 is 10.2 Å². The summed E-state index contributed by atoms with van der Waals surface area (Å²) in [4.78, 5) is 4.01. The molecule has 4 heteroatoms. The Balaban J connectivity index is 1.59. The van der Waals surface area contributed by atoms with Gasteiger partial charge in [-0.15, -0.1) is 0 Å². The number of para-hydroxylation sites is 1. The SMILES string of the molecule is C(=N\Nc1ccccc1)/c1ccc(Oc2cccnc2)cc1. The maximum atomic E-state index is 5.68. The van der Waals surface area contributed by atoms with Crippen molar-refractivity contribution in [1.82, 2.24) is 4.98 Å². The summed E-state index contributed by atoms with van der Waals surface area (Å²) in [5.41, 5.74) is 4.92. The van der Waals surface area contributed by atoms with Crippen LogP contribution in [-0.4, -0.2) is 11.2 Å². The smallest absolute Gasteiger partial charge is 0.145 e. The third kappa shape index (κ3) is 3.93. The summed E-state index contributed by atoms with van der Waals surface area (Å²) in [6.07, 6.45) is 5.16. The standard InChI is InChI=1S/C18H15N3O/c1-2-5-16(6-3-1)21-20-13-15-8-10-17(11-9-15)22-18-7-4-12-19-14-18/h1-14,21H/b20-13+. The zero-order chi connectivity index (χ0) is 15.0. The van der Waals surface area contributed by atoms with Gasteiger partial charge in [-0.1, -0.05) is 18.2 Å². The molecular weight excluding hydrogens is 274 g/mol. The molecule has 1 N–H and O–H groups in total. The second-order valence-corrected chi connectivity index (χ2v) is 4.60. The minimum atomic E-state index is 0.717. The summed E-state index contributed by atoms with van der Waals surface area (Å²) in [6.45, 7) is 0. The monoisotopic (exact) mass is 289 g/mol.